The first kappa shape index (κ1) is 15.3. The van der Waals surface area contributed by atoms with Crippen LogP contribution in [0.4, 0.5) is 0 Å². The number of hydrogen-bond donors (Lipinski definition) is 1. The van der Waals surface area contributed by atoms with Gasteiger partial charge in [0.1, 0.15) is 5.69 Å². The number of aliphatic hydroxyl groups is 1. The molecule has 5 nitrogen and oxygen atoms in total. The fourth-order valence-corrected chi connectivity index (χ4v) is 2.70. The maximum atomic E-state index is 12.3. The smallest absolute Gasteiger partial charge is 0.272 e. The molecule has 0 bridgehead atoms. The van der Waals surface area contributed by atoms with Crippen LogP contribution in [0.15, 0.2) is 23.7 Å². The lowest BCUT2D eigenvalue weighted by molar-refractivity contribution is 0.0775. The average molecular weight is 303 g/mol. The van der Waals surface area contributed by atoms with Crippen molar-refractivity contribution < 1.29 is 9.90 Å². The Balaban J connectivity index is 2.00. The second-order valence-electron chi connectivity index (χ2n) is 4.58. The van der Waals surface area contributed by atoms with Gasteiger partial charge in [-0.2, -0.15) is 5.10 Å². The number of thiophene rings is 1. The van der Waals surface area contributed by atoms with E-state index in [9.17, 15) is 4.79 Å². The highest BCUT2D eigenvalue weighted by atomic mass is 32.1. The van der Waals surface area contributed by atoms with Gasteiger partial charge in [0.05, 0.1) is 13.2 Å². The van der Waals surface area contributed by atoms with E-state index >= 15 is 0 Å². The van der Waals surface area contributed by atoms with Crippen molar-refractivity contribution >= 4 is 17.2 Å². The van der Waals surface area contributed by atoms with Gasteiger partial charge in [-0.3, -0.25) is 9.48 Å². The van der Waals surface area contributed by atoms with E-state index in [0.717, 1.165) is 10.4 Å². The van der Waals surface area contributed by atoms with Crippen LogP contribution in [0.3, 0.4) is 0 Å². The molecule has 2 aromatic rings. The SMILES string of the molecule is CN(Cc1cc(C#CCCO)cs1)C(=O)c1ccnn1C. The van der Waals surface area contributed by atoms with E-state index in [4.69, 9.17) is 5.11 Å². The summed E-state index contributed by atoms with van der Waals surface area (Å²) in [6, 6.07) is 3.68. The van der Waals surface area contributed by atoms with E-state index in [1.807, 2.05) is 11.4 Å². The predicted octanol–water partition coefficient (Wildman–Crippen LogP) is 1.49. The molecule has 1 amide bonds. The lowest BCUT2D eigenvalue weighted by Crippen LogP contribution is -2.27. The molecule has 2 rings (SSSR count). The van der Waals surface area contributed by atoms with E-state index in [2.05, 4.69) is 16.9 Å². The van der Waals surface area contributed by atoms with E-state index in [1.165, 1.54) is 0 Å². The van der Waals surface area contributed by atoms with E-state index in [0.29, 0.717) is 18.7 Å². The van der Waals surface area contributed by atoms with Gasteiger partial charge in [-0.15, -0.1) is 11.3 Å². The van der Waals surface area contributed by atoms with E-state index in [-0.39, 0.29) is 12.5 Å². The van der Waals surface area contributed by atoms with Crippen molar-refractivity contribution in [2.24, 2.45) is 7.05 Å². The summed E-state index contributed by atoms with van der Waals surface area (Å²) in [4.78, 5) is 15.0. The van der Waals surface area contributed by atoms with Gasteiger partial charge in [0.15, 0.2) is 0 Å². The van der Waals surface area contributed by atoms with Crippen molar-refractivity contribution in [3.63, 3.8) is 0 Å². The minimum Gasteiger partial charge on any atom is -0.395 e. The number of carbonyl (C=O) groups is 1. The molecule has 1 N–H and O–H groups in total. The van der Waals surface area contributed by atoms with Gasteiger partial charge in [-0.05, 0) is 12.1 Å². The number of aryl methyl sites for hydroxylation is 1. The number of carbonyl (C=O) groups excluding carboxylic acids is 1. The fourth-order valence-electron chi connectivity index (χ4n) is 1.83. The molecule has 0 spiro atoms. The maximum Gasteiger partial charge on any atom is 0.272 e. The van der Waals surface area contributed by atoms with Gasteiger partial charge in [-0.25, -0.2) is 0 Å². The Hall–Kier alpha value is -2.10. The summed E-state index contributed by atoms with van der Waals surface area (Å²) in [5.41, 5.74) is 1.49. The molecule has 0 atom stereocenters. The zero-order chi connectivity index (χ0) is 15.2. The lowest BCUT2D eigenvalue weighted by atomic mass is 10.3. The quantitative estimate of drug-likeness (QED) is 0.871. The second kappa shape index (κ2) is 7.07. The Kier molecular flexibility index (Phi) is 5.14. The molecule has 0 aromatic carbocycles. The fraction of sp³-hybridized carbons (Fsp3) is 0.333. The summed E-state index contributed by atoms with van der Waals surface area (Å²) in [6.07, 6.45) is 2.09. The Bertz CT molecular complexity index is 678. The molecule has 0 aliphatic heterocycles. The molecule has 0 fully saturated rings. The molecule has 0 saturated carbocycles. The molecule has 0 unspecified atom stereocenters. The zero-order valence-electron chi connectivity index (χ0n) is 12.0. The number of aliphatic hydroxyl groups excluding tert-OH is 1. The summed E-state index contributed by atoms with van der Waals surface area (Å²) < 4.78 is 1.57. The van der Waals surface area contributed by atoms with Gasteiger partial charge in [0.2, 0.25) is 0 Å². The average Bonchev–Trinajstić information content (AvgIpc) is 3.07. The van der Waals surface area contributed by atoms with Crippen LogP contribution in [-0.2, 0) is 13.6 Å². The van der Waals surface area contributed by atoms with Crippen molar-refractivity contribution in [1.29, 1.82) is 0 Å². The van der Waals surface area contributed by atoms with Crippen molar-refractivity contribution in [2.75, 3.05) is 13.7 Å². The predicted molar refractivity (Wildman–Crippen MR) is 81.9 cm³/mol. The van der Waals surface area contributed by atoms with Crippen LogP contribution >= 0.6 is 11.3 Å². The third kappa shape index (κ3) is 3.94. The molecular weight excluding hydrogens is 286 g/mol. The van der Waals surface area contributed by atoms with Crippen molar-refractivity contribution in [1.82, 2.24) is 14.7 Å². The highest BCUT2D eigenvalue weighted by Gasteiger charge is 2.15. The standard InChI is InChI=1S/C15H17N3O2S/c1-17(15(20)14-6-7-16-18(14)2)10-13-9-12(11-21-13)5-3-4-8-19/h6-7,9,11,19H,4,8,10H2,1-2H3. The highest BCUT2D eigenvalue weighted by molar-refractivity contribution is 7.10. The van der Waals surface area contributed by atoms with Crippen molar-refractivity contribution in [3.8, 4) is 11.8 Å². The van der Waals surface area contributed by atoms with Crippen molar-refractivity contribution in [3.05, 3.63) is 39.8 Å². The van der Waals surface area contributed by atoms with Crippen LogP contribution < -0.4 is 0 Å². The van der Waals surface area contributed by atoms with Gasteiger partial charge in [0, 0.05) is 42.5 Å². The number of rotatable bonds is 4. The maximum absolute atomic E-state index is 12.3. The number of aromatic nitrogens is 2. The lowest BCUT2D eigenvalue weighted by Gasteiger charge is -2.15. The largest absolute Gasteiger partial charge is 0.395 e. The molecular formula is C15H17N3O2S. The Morgan fingerprint density at radius 3 is 3.05 bits per heavy atom. The summed E-state index contributed by atoms with van der Waals surface area (Å²) in [6.45, 7) is 0.613. The molecule has 21 heavy (non-hydrogen) atoms. The number of hydrogen-bond acceptors (Lipinski definition) is 4. The molecule has 2 heterocycles. The third-order valence-corrected chi connectivity index (χ3v) is 3.82. The summed E-state index contributed by atoms with van der Waals surface area (Å²) in [5.74, 6) is 5.81. The van der Waals surface area contributed by atoms with E-state index in [1.54, 1.807) is 47.3 Å². The number of nitrogens with zero attached hydrogens (tertiary/aromatic N) is 3. The van der Waals surface area contributed by atoms with Crippen LogP contribution in [0, 0.1) is 11.8 Å². The molecule has 2 aromatic heterocycles. The summed E-state index contributed by atoms with van der Waals surface area (Å²) in [5, 5.41) is 14.7. The third-order valence-electron chi connectivity index (χ3n) is 2.90. The Morgan fingerprint density at radius 2 is 2.38 bits per heavy atom. The Labute approximate surface area is 127 Å². The zero-order valence-corrected chi connectivity index (χ0v) is 12.9. The minimum absolute atomic E-state index is 0.0590. The van der Waals surface area contributed by atoms with Gasteiger partial charge in [0.25, 0.3) is 5.91 Å². The minimum atomic E-state index is -0.0590. The first-order valence-corrected chi connectivity index (χ1v) is 7.40. The van der Waals surface area contributed by atoms with Crippen LogP contribution in [0.1, 0.15) is 27.3 Å². The van der Waals surface area contributed by atoms with Gasteiger partial charge >= 0.3 is 0 Å². The van der Waals surface area contributed by atoms with Crippen LogP contribution in [0.25, 0.3) is 0 Å². The highest BCUT2D eigenvalue weighted by Crippen LogP contribution is 2.16. The first-order chi connectivity index (χ1) is 10.1. The second-order valence-corrected chi connectivity index (χ2v) is 5.57. The molecule has 0 radical (unpaired) electrons. The molecule has 0 saturated heterocycles. The monoisotopic (exact) mass is 303 g/mol. The molecule has 110 valence electrons. The Morgan fingerprint density at radius 1 is 1.57 bits per heavy atom. The van der Waals surface area contributed by atoms with Crippen LogP contribution in [0.2, 0.25) is 0 Å². The topological polar surface area (TPSA) is 58.4 Å². The van der Waals surface area contributed by atoms with Crippen LogP contribution in [0.5, 0.6) is 0 Å². The normalized spacial score (nSPS) is 10.0. The van der Waals surface area contributed by atoms with Gasteiger partial charge in [-0.1, -0.05) is 11.8 Å². The molecule has 6 heteroatoms. The van der Waals surface area contributed by atoms with Crippen LogP contribution in [-0.4, -0.2) is 39.3 Å². The summed E-state index contributed by atoms with van der Waals surface area (Å²) >= 11 is 1.57. The molecule has 0 aliphatic rings. The first-order valence-electron chi connectivity index (χ1n) is 6.52. The van der Waals surface area contributed by atoms with Gasteiger partial charge < -0.3 is 10.0 Å². The summed E-state index contributed by atoms with van der Waals surface area (Å²) in [7, 11) is 3.52. The van der Waals surface area contributed by atoms with E-state index < -0.39 is 0 Å². The number of amides is 1. The molecule has 0 aliphatic carbocycles. The van der Waals surface area contributed by atoms with Crippen molar-refractivity contribution in [2.45, 2.75) is 13.0 Å².